The second-order valence-electron chi connectivity index (χ2n) is 3.96. The Morgan fingerprint density at radius 2 is 2.38 bits per heavy atom. The summed E-state index contributed by atoms with van der Waals surface area (Å²) in [7, 11) is 0. The van der Waals surface area contributed by atoms with Crippen LogP contribution in [0.25, 0.3) is 0 Å². The lowest BCUT2D eigenvalue weighted by atomic mass is 10.0. The summed E-state index contributed by atoms with van der Waals surface area (Å²) >= 11 is 7.69. The van der Waals surface area contributed by atoms with Gasteiger partial charge in [0.2, 0.25) is 0 Å². The molecule has 1 N–H and O–H groups in total. The van der Waals surface area contributed by atoms with Gasteiger partial charge in [-0.2, -0.15) is 11.8 Å². The molecular formula is C12H15ClO2S. The molecule has 1 atom stereocenters. The Morgan fingerprint density at radius 3 is 3.12 bits per heavy atom. The molecule has 1 aliphatic heterocycles. The quantitative estimate of drug-likeness (QED) is 0.900. The maximum absolute atomic E-state index is 9.81. The fourth-order valence-electron chi connectivity index (χ4n) is 2.00. The number of thioether (sulfide) groups is 1. The van der Waals surface area contributed by atoms with E-state index in [2.05, 4.69) is 0 Å². The first-order valence-corrected chi connectivity index (χ1v) is 7.09. The molecule has 2 nitrogen and oxygen atoms in total. The van der Waals surface area contributed by atoms with Crippen LogP contribution >= 0.6 is 23.4 Å². The highest BCUT2D eigenvalue weighted by atomic mass is 35.5. The molecule has 0 spiro atoms. The summed E-state index contributed by atoms with van der Waals surface area (Å²) < 4.78 is 5.59. The van der Waals surface area contributed by atoms with Crippen LogP contribution in [0.4, 0.5) is 0 Å². The van der Waals surface area contributed by atoms with Gasteiger partial charge in [-0.05, 0) is 29.5 Å². The monoisotopic (exact) mass is 258 g/mol. The third-order valence-electron chi connectivity index (χ3n) is 2.64. The molecule has 0 aromatic heterocycles. The zero-order chi connectivity index (χ0) is 11.5. The second-order valence-corrected chi connectivity index (χ2v) is 5.31. The predicted molar refractivity (Wildman–Crippen MR) is 68.7 cm³/mol. The number of ether oxygens (including phenoxy) is 1. The molecule has 0 fully saturated rings. The van der Waals surface area contributed by atoms with Crippen LogP contribution in [-0.4, -0.2) is 29.8 Å². The fraction of sp³-hybridized carbons (Fsp3) is 0.500. The van der Waals surface area contributed by atoms with Crippen LogP contribution in [-0.2, 0) is 12.8 Å². The molecule has 4 heteroatoms. The number of hydrogen-bond acceptors (Lipinski definition) is 3. The lowest BCUT2D eigenvalue weighted by Crippen LogP contribution is -2.13. The number of halogens is 1. The van der Waals surface area contributed by atoms with Crippen LogP contribution in [0.3, 0.4) is 0 Å². The molecule has 0 aliphatic carbocycles. The van der Waals surface area contributed by atoms with Gasteiger partial charge < -0.3 is 9.84 Å². The molecule has 2 rings (SSSR count). The van der Waals surface area contributed by atoms with Crippen molar-refractivity contribution in [1.29, 1.82) is 0 Å². The van der Waals surface area contributed by atoms with Crippen LogP contribution in [0.5, 0.6) is 5.75 Å². The minimum Gasteiger partial charge on any atom is -0.493 e. The molecule has 0 radical (unpaired) electrons. The van der Waals surface area contributed by atoms with Crippen molar-refractivity contribution in [3.63, 3.8) is 0 Å². The summed E-state index contributed by atoms with van der Waals surface area (Å²) in [5.74, 6) is 1.67. The van der Waals surface area contributed by atoms with Gasteiger partial charge in [-0.15, -0.1) is 0 Å². The van der Waals surface area contributed by atoms with Crippen LogP contribution in [0.15, 0.2) is 12.1 Å². The normalized spacial score (nSPS) is 15.7. The molecule has 88 valence electrons. The third-order valence-corrected chi connectivity index (χ3v) is 3.58. The van der Waals surface area contributed by atoms with Crippen molar-refractivity contribution in [2.75, 3.05) is 18.6 Å². The zero-order valence-corrected chi connectivity index (χ0v) is 10.8. The first-order valence-electron chi connectivity index (χ1n) is 5.32. The molecule has 1 aromatic rings. The lowest BCUT2D eigenvalue weighted by Gasteiger charge is -2.12. The molecule has 1 unspecified atom stereocenters. The average Bonchev–Trinajstić information content (AvgIpc) is 2.65. The van der Waals surface area contributed by atoms with Gasteiger partial charge in [0.05, 0.1) is 12.7 Å². The molecule has 1 aromatic carbocycles. The van der Waals surface area contributed by atoms with E-state index in [1.807, 2.05) is 18.4 Å². The highest BCUT2D eigenvalue weighted by molar-refractivity contribution is 7.98. The van der Waals surface area contributed by atoms with Crippen molar-refractivity contribution >= 4 is 23.4 Å². The number of aliphatic hydroxyl groups excluding tert-OH is 1. The molecule has 0 bridgehead atoms. The summed E-state index contributed by atoms with van der Waals surface area (Å²) in [6.45, 7) is 0.724. The Morgan fingerprint density at radius 1 is 1.56 bits per heavy atom. The van der Waals surface area contributed by atoms with E-state index in [0.29, 0.717) is 6.42 Å². The Balaban J connectivity index is 2.20. The van der Waals surface area contributed by atoms with Crippen LogP contribution < -0.4 is 4.74 Å². The summed E-state index contributed by atoms with van der Waals surface area (Å²) in [5, 5.41) is 10.5. The lowest BCUT2D eigenvalue weighted by molar-refractivity contribution is 0.198. The summed E-state index contributed by atoms with van der Waals surface area (Å²) in [6, 6.07) is 3.85. The molecule has 0 amide bonds. The molecule has 1 heterocycles. The van der Waals surface area contributed by atoms with Crippen molar-refractivity contribution in [2.24, 2.45) is 0 Å². The first kappa shape index (κ1) is 12.1. The van der Waals surface area contributed by atoms with Gasteiger partial charge in [0.25, 0.3) is 0 Å². The van der Waals surface area contributed by atoms with Gasteiger partial charge in [-0.25, -0.2) is 0 Å². The largest absolute Gasteiger partial charge is 0.493 e. The van der Waals surface area contributed by atoms with Gasteiger partial charge in [0.1, 0.15) is 5.75 Å². The highest BCUT2D eigenvalue weighted by Gasteiger charge is 2.19. The number of rotatable bonds is 4. The Hall–Kier alpha value is -0.380. The van der Waals surface area contributed by atoms with Crippen molar-refractivity contribution in [3.05, 3.63) is 28.3 Å². The number of benzene rings is 1. The maximum Gasteiger partial charge on any atom is 0.126 e. The first-order chi connectivity index (χ1) is 7.70. The van der Waals surface area contributed by atoms with E-state index in [0.717, 1.165) is 35.1 Å². The van der Waals surface area contributed by atoms with E-state index in [-0.39, 0.29) is 6.10 Å². The number of aliphatic hydroxyl groups is 1. The molecule has 16 heavy (non-hydrogen) atoms. The average molecular weight is 259 g/mol. The highest BCUT2D eigenvalue weighted by Crippen LogP contribution is 2.33. The van der Waals surface area contributed by atoms with Gasteiger partial charge in [-0.1, -0.05) is 11.6 Å². The van der Waals surface area contributed by atoms with E-state index < -0.39 is 0 Å². The minimum atomic E-state index is -0.332. The molecule has 0 saturated carbocycles. The van der Waals surface area contributed by atoms with Crippen molar-refractivity contribution in [2.45, 2.75) is 18.9 Å². The smallest absolute Gasteiger partial charge is 0.126 e. The van der Waals surface area contributed by atoms with Crippen LogP contribution in [0, 0.1) is 0 Å². The van der Waals surface area contributed by atoms with Gasteiger partial charge >= 0.3 is 0 Å². The SMILES string of the molecule is CSCC(O)Cc1cc(Cl)cc2c1OCC2. The number of fused-ring (bicyclic) bond motifs is 1. The van der Waals surface area contributed by atoms with Gasteiger partial charge in [-0.3, -0.25) is 0 Å². The van der Waals surface area contributed by atoms with E-state index in [4.69, 9.17) is 16.3 Å². The van der Waals surface area contributed by atoms with E-state index in [9.17, 15) is 5.11 Å². The molecule has 0 saturated heterocycles. The van der Waals surface area contributed by atoms with E-state index in [1.54, 1.807) is 11.8 Å². The maximum atomic E-state index is 9.81. The Kier molecular flexibility index (Phi) is 4.00. The van der Waals surface area contributed by atoms with Gasteiger partial charge in [0, 0.05) is 23.6 Å². The van der Waals surface area contributed by atoms with Crippen LogP contribution in [0.1, 0.15) is 11.1 Å². The standard InChI is InChI=1S/C12H15ClO2S/c1-16-7-11(14)6-9-5-10(13)4-8-2-3-15-12(8)9/h4-5,11,14H,2-3,6-7H2,1H3. The second kappa shape index (κ2) is 5.30. The third kappa shape index (κ3) is 2.65. The zero-order valence-electron chi connectivity index (χ0n) is 9.20. The summed E-state index contributed by atoms with van der Waals surface area (Å²) in [6.07, 6.45) is 3.19. The van der Waals surface area contributed by atoms with E-state index in [1.165, 1.54) is 5.56 Å². The topological polar surface area (TPSA) is 29.5 Å². The van der Waals surface area contributed by atoms with E-state index >= 15 is 0 Å². The fourth-order valence-corrected chi connectivity index (χ4v) is 2.77. The molecular weight excluding hydrogens is 244 g/mol. The van der Waals surface area contributed by atoms with Crippen molar-refractivity contribution in [1.82, 2.24) is 0 Å². The predicted octanol–water partition coefficient (Wildman–Crippen LogP) is 2.54. The Labute approximate surface area is 105 Å². The summed E-state index contributed by atoms with van der Waals surface area (Å²) in [5.41, 5.74) is 2.19. The van der Waals surface area contributed by atoms with Crippen LogP contribution in [0.2, 0.25) is 5.02 Å². The molecule has 1 aliphatic rings. The summed E-state index contributed by atoms with van der Waals surface area (Å²) in [4.78, 5) is 0. The van der Waals surface area contributed by atoms with Crippen molar-refractivity contribution in [3.8, 4) is 5.75 Å². The number of hydrogen-bond donors (Lipinski definition) is 1. The van der Waals surface area contributed by atoms with Gasteiger partial charge in [0.15, 0.2) is 0 Å². The minimum absolute atomic E-state index is 0.332. The Bertz CT molecular complexity index is 382. The van der Waals surface area contributed by atoms with Crippen molar-refractivity contribution < 1.29 is 9.84 Å².